The summed E-state index contributed by atoms with van der Waals surface area (Å²) < 4.78 is 16.5. The Labute approximate surface area is 163 Å². The molecule has 0 bridgehead atoms. The molecule has 1 aromatic heterocycles. The number of hydrogen-bond acceptors (Lipinski definition) is 5. The van der Waals surface area contributed by atoms with Gasteiger partial charge in [-0.25, -0.2) is 0 Å². The third-order valence-electron chi connectivity index (χ3n) is 4.69. The number of benzene rings is 2. The van der Waals surface area contributed by atoms with E-state index in [9.17, 15) is 4.79 Å². The molecule has 1 aliphatic rings. The molecule has 0 saturated carbocycles. The molecular weight excluding hydrogens is 356 g/mol. The topological polar surface area (TPSA) is 63.9 Å². The fraction of sp³-hybridized carbons (Fsp3) is 0.227. The van der Waals surface area contributed by atoms with Crippen LogP contribution in [0.4, 0.5) is 5.69 Å². The fourth-order valence-electron chi connectivity index (χ4n) is 3.34. The molecule has 1 aliphatic heterocycles. The van der Waals surface area contributed by atoms with Crippen LogP contribution in [0, 0.1) is 0 Å². The van der Waals surface area contributed by atoms with Crippen LogP contribution in [0.3, 0.4) is 0 Å². The lowest BCUT2D eigenvalue weighted by Gasteiger charge is -2.38. The molecule has 28 heavy (non-hydrogen) atoms. The maximum absolute atomic E-state index is 13.3. The summed E-state index contributed by atoms with van der Waals surface area (Å²) in [7, 11) is 1.64. The van der Waals surface area contributed by atoms with Crippen molar-refractivity contribution in [2.45, 2.75) is 12.7 Å². The number of rotatable bonds is 7. The highest BCUT2D eigenvalue weighted by Gasteiger charge is 2.34. The van der Waals surface area contributed by atoms with E-state index in [2.05, 4.69) is 5.32 Å². The largest absolute Gasteiger partial charge is 0.491 e. The number of ether oxygens (including phenoxy) is 2. The molecule has 144 valence electrons. The van der Waals surface area contributed by atoms with Gasteiger partial charge in [-0.2, -0.15) is 0 Å². The molecule has 2 aromatic carbocycles. The molecule has 0 fully saturated rings. The Hall–Kier alpha value is -3.25. The zero-order valence-corrected chi connectivity index (χ0v) is 15.6. The molecule has 1 N–H and O–H groups in total. The Kier molecular flexibility index (Phi) is 5.30. The molecule has 1 amide bonds. The van der Waals surface area contributed by atoms with Crippen LogP contribution in [0.25, 0.3) is 0 Å². The molecule has 0 aliphatic carbocycles. The van der Waals surface area contributed by atoms with Crippen molar-refractivity contribution in [3.63, 3.8) is 0 Å². The van der Waals surface area contributed by atoms with Gasteiger partial charge in [0, 0.05) is 18.4 Å². The quantitative estimate of drug-likeness (QED) is 0.628. The maximum Gasteiger partial charge on any atom is 0.258 e. The molecular formula is C22H22N2O4. The molecule has 0 saturated heterocycles. The first-order valence-electron chi connectivity index (χ1n) is 9.17. The number of hydrogen-bond donors (Lipinski definition) is 1. The second-order valence-corrected chi connectivity index (χ2v) is 6.48. The monoisotopic (exact) mass is 378 g/mol. The number of nitrogens with one attached hydrogen (secondary N) is 1. The predicted octanol–water partition coefficient (Wildman–Crippen LogP) is 4.07. The highest BCUT2D eigenvalue weighted by atomic mass is 16.5. The number of methoxy groups -OCH3 is 1. The summed E-state index contributed by atoms with van der Waals surface area (Å²) in [5, 5.41) is 3.49. The van der Waals surface area contributed by atoms with Gasteiger partial charge in [-0.1, -0.05) is 30.3 Å². The van der Waals surface area contributed by atoms with E-state index in [1.807, 2.05) is 60.7 Å². The molecule has 2 heterocycles. The second kappa shape index (κ2) is 8.19. The second-order valence-electron chi connectivity index (χ2n) is 6.48. The number of para-hydroxylation sites is 2. The Morgan fingerprint density at radius 3 is 2.68 bits per heavy atom. The fourth-order valence-corrected chi connectivity index (χ4v) is 3.34. The van der Waals surface area contributed by atoms with E-state index in [-0.39, 0.29) is 12.1 Å². The maximum atomic E-state index is 13.3. The highest BCUT2D eigenvalue weighted by Crippen LogP contribution is 2.37. The number of carbonyl (C=O) groups is 1. The Morgan fingerprint density at radius 1 is 1.04 bits per heavy atom. The minimum Gasteiger partial charge on any atom is -0.491 e. The van der Waals surface area contributed by atoms with Gasteiger partial charge < -0.3 is 24.1 Å². The van der Waals surface area contributed by atoms with Crippen molar-refractivity contribution >= 4 is 11.6 Å². The van der Waals surface area contributed by atoms with Crippen molar-refractivity contribution in [3.8, 4) is 5.75 Å². The number of fused-ring (bicyclic) bond motifs is 1. The van der Waals surface area contributed by atoms with E-state index in [0.29, 0.717) is 31.1 Å². The molecule has 6 heteroatoms. The van der Waals surface area contributed by atoms with Crippen molar-refractivity contribution < 1.29 is 18.7 Å². The zero-order chi connectivity index (χ0) is 19.3. The number of anilines is 1. The summed E-state index contributed by atoms with van der Waals surface area (Å²) in [6.45, 7) is 1.28. The third kappa shape index (κ3) is 3.59. The van der Waals surface area contributed by atoms with E-state index in [1.54, 1.807) is 18.3 Å². The SMILES string of the molecule is COCCOc1ccccc1C1Nc2ccccc2C(=O)N1Cc1ccco1. The summed E-state index contributed by atoms with van der Waals surface area (Å²) >= 11 is 0. The summed E-state index contributed by atoms with van der Waals surface area (Å²) in [5.74, 6) is 1.38. The highest BCUT2D eigenvalue weighted by molar-refractivity contribution is 6.01. The molecule has 0 spiro atoms. The van der Waals surface area contributed by atoms with Crippen molar-refractivity contribution in [1.29, 1.82) is 0 Å². The van der Waals surface area contributed by atoms with Crippen molar-refractivity contribution in [1.82, 2.24) is 4.90 Å². The number of carbonyl (C=O) groups excluding carboxylic acids is 1. The molecule has 1 atom stereocenters. The van der Waals surface area contributed by atoms with Crippen LogP contribution < -0.4 is 10.1 Å². The first-order valence-corrected chi connectivity index (χ1v) is 9.17. The van der Waals surface area contributed by atoms with Crippen LogP contribution >= 0.6 is 0 Å². The standard InChI is InChI=1S/C22H22N2O4/c1-26-13-14-28-20-11-5-3-9-18(20)21-23-19-10-4-2-8-17(19)22(25)24(21)15-16-7-6-12-27-16/h2-12,21,23H,13-15H2,1H3. The third-order valence-corrected chi connectivity index (χ3v) is 4.69. The van der Waals surface area contributed by atoms with Crippen LogP contribution in [0.15, 0.2) is 71.3 Å². The van der Waals surface area contributed by atoms with E-state index in [0.717, 1.165) is 17.0 Å². The summed E-state index contributed by atoms with van der Waals surface area (Å²) in [6, 6.07) is 18.9. The van der Waals surface area contributed by atoms with E-state index < -0.39 is 0 Å². The van der Waals surface area contributed by atoms with Crippen LogP contribution in [0.1, 0.15) is 27.8 Å². The number of amides is 1. The molecule has 3 aromatic rings. The lowest BCUT2D eigenvalue weighted by atomic mass is 10.0. The molecule has 1 unspecified atom stereocenters. The Balaban J connectivity index is 1.72. The first kappa shape index (κ1) is 18.1. The normalized spacial score (nSPS) is 15.8. The predicted molar refractivity (Wildman–Crippen MR) is 105 cm³/mol. The van der Waals surface area contributed by atoms with Crippen molar-refractivity contribution in [2.75, 3.05) is 25.6 Å². The van der Waals surface area contributed by atoms with Gasteiger partial charge in [0.1, 0.15) is 24.3 Å². The lowest BCUT2D eigenvalue weighted by molar-refractivity contribution is 0.0647. The van der Waals surface area contributed by atoms with Gasteiger partial charge >= 0.3 is 0 Å². The van der Waals surface area contributed by atoms with Crippen molar-refractivity contribution in [3.05, 3.63) is 83.8 Å². The van der Waals surface area contributed by atoms with Gasteiger partial charge in [0.05, 0.1) is 25.0 Å². The molecule has 4 rings (SSSR count). The van der Waals surface area contributed by atoms with E-state index >= 15 is 0 Å². The van der Waals surface area contributed by atoms with Crippen molar-refractivity contribution in [2.24, 2.45) is 0 Å². The van der Waals surface area contributed by atoms with Crippen LogP contribution in [-0.2, 0) is 11.3 Å². The van der Waals surface area contributed by atoms with Gasteiger partial charge in [-0.05, 0) is 30.3 Å². The molecule has 6 nitrogen and oxygen atoms in total. The van der Waals surface area contributed by atoms with E-state index in [1.165, 1.54) is 0 Å². The molecule has 0 radical (unpaired) electrons. The van der Waals surface area contributed by atoms with Gasteiger partial charge in [0.25, 0.3) is 5.91 Å². The van der Waals surface area contributed by atoms with Gasteiger partial charge in [-0.3, -0.25) is 4.79 Å². The first-order chi connectivity index (χ1) is 13.8. The average Bonchev–Trinajstić information content (AvgIpc) is 3.24. The van der Waals surface area contributed by atoms with Gasteiger partial charge in [-0.15, -0.1) is 0 Å². The zero-order valence-electron chi connectivity index (χ0n) is 15.6. The van der Waals surface area contributed by atoms with E-state index in [4.69, 9.17) is 13.9 Å². The summed E-state index contributed by atoms with van der Waals surface area (Å²) in [5.41, 5.74) is 2.33. The minimum absolute atomic E-state index is 0.0533. The minimum atomic E-state index is -0.383. The number of furan rings is 1. The van der Waals surface area contributed by atoms with Crippen LogP contribution in [0.2, 0.25) is 0 Å². The summed E-state index contributed by atoms with van der Waals surface area (Å²) in [4.78, 5) is 15.0. The van der Waals surface area contributed by atoms with Gasteiger partial charge in [0.2, 0.25) is 0 Å². The van der Waals surface area contributed by atoms with Gasteiger partial charge in [0.15, 0.2) is 0 Å². The summed E-state index contributed by atoms with van der Waals surface area (Å²) in [6.07, 6.45) is 1.23. The number of nitrogens with zero attached hydrogens (tertiary/aromatic N) is 1. The smallest absolute Gasteiger partial charge is 0.258 e. The lowest BCUT2D eigenvalue weighted by Crippen LogP contribution is -2.42. The van der Waals surface area contributed by atoms with Crippen LogP contribution in [-0.4, -0.2) is 31.1 Å². The average molecular weight is 378 g/mol. The Morgan fingerprint density at radius 2 is 1.86 bits per heavy atom. The Bertz CT molecular complexity index is 939. The van der Waals surface area contributed by atoms with Crippen LogP contribution in [0.5, 0.6) is 5.75 Å².